The Morgan fingerprint density at radius 1 is 1.08 bits per heavy atom. The van der Waals surface area contributed by atoms with Crippen molar-refractivity contribution in [2.75, 3.05) is 18.5 Å². The summed E-state index contributed by atoms with van der Waals surface area (Å²) in [6.07, 6.45) is 3.77. The fourth-order valence-electron chi connectivity index (χ4n) is 2.81. The van der Waals surface area contributed by atoms with E-state index < -0.39 is 0 Å². The molecule has 0 unspecified atom stereocenters. The van der Waals surface area contributed by atoms with Crippen LogP contribution in [0.15, 0.2) is 30.5 Å². The number of benzene rings is 2. The van der Waals surface area contributed by atoms with Gasteiger partial charge >= 0.3 is 0 Å². The molecule has 0 radical (unpaired) electrons. The molecule has 0 aliphatic rings. The lowest BCUT2D eigenvalue weighted by Gasteiger charge is -2.15. The Morgan fingerprint density at radius 2 is 1.84 bits per heavy atom. The molecule has 3 rings (SSSR count). The number of nitrogens with two attached hydrogens (primary N) is 2. The van der Waals surface area contributed by atoms with E-state index in [0.717, 1.165) is 27.6 Å². The Morgan fingerprint density at radius 3 is 2.52 bits per heavy atom. The van der Waals surface area contributed by atoms with Gasteiger partial charge in [-0.05, 0) is 59.7 Å². The third kappa shape index (κ3) is 3.21. The summed E-state index contributed by atoms with van der Waals surface area (Å²) in [5.74, 6) is 0.486. The van der Waals surface area contributed by atoms with Crippen molar-refractivity contribution in [2.45, 2.75) is 6.92 Å². The molecule has 1 aromatic heterocycles. The van der Waals surface area contributed by atoms with Gasteiger partial charge in [0.05, 0.1) is 20.9 Å². The number of nitrogens with one attached hydrogen (secondary N) is 1. The molecule has 128 valence electrons. The van der Waals surface area contributed by atoms with E-state index in [-0.39, 0.29) is 5.95 Å². The molecule has 0 aliphatic heterocycles. The summed E-state index contributed by atoms with van der Waals surface area (Å²) in [6, 6.07) is 7.46. The first-order valence-electron chi connectivity index (χ1n) is 7.58. The van der Waals surface area contributed by atoms with Gasteiger partial charge in [0.1, 0.15) is 5.82 Å². The molecule has 0 saturated heterocycles. The van der Waals surface area contributed by atoms with Gasteiger partial charge < -0.3 is 16.8 Å². The average Bonchev–Trinajstić information content (AvgIpc) is 2.56. The van der Waals surface area contributed by atoms with Gasteiger partial charge in [-0.2, -0.15) is 4.98 Å². The molecule has 1 heterocycles. The van der Waals surface area contributed by atoms with Crippen LogP contribution in [-0.2, 0) is 0 Å². The standard InChI is InChI=1S/C18H17Cl2N5/c1-9-11(5-6-23-2)16-15(24-18(22)25-17(16)21)8-12(9)10-3-4-13(19)14(20)7-10/h3-8,23H,1-2H3,(H4,21,22,24,25)/b6-5-. The summed E-state index contributed by atoms with van der Waals surface area (Å²) in [5, 5.41) is 4.76. The SMILES string of the molecule is CN/C=C\c1c(C)c(-c2ccc(Cl)c(Cl)c2)cc2nc(N)nc(N)c12. The van der Waals surface area contributed by atoms with E-state index in [9.17, 15) is 0 Å². The minimum absolute atomic E-state index is 0.137. The van der Waals surface area contributed by atoms with Crippen molar-refractivity contribution in [3.63, 3.8) is 0 Å². The Kier molecular flexibility index (Phi) is 4.70. The molecule has 0 amide bonds. The van der Waals surface area contributed by atoms with Crippen molar-refractivity contribution in [1.29, 1.82) is 0 Å². The molecule has 0 bridgehead atoms. The first-order chi connectivity index (χ1) is 11.9. The quantitative estimate of drug-likeness (QED) is 0.637. The Hall–Kier alpha value is -2.50. The maximum atomic E-state index is 6.19. The van der Waals surface area contributed by atoms with Gasteiger partial charge in [0, 0.05) is 7.05 Å². The summed E-state index contributed by atoms with van der Waals surface area (Å²) in [6.45, 7) is 2.02. The molecule has 7 heteroatoms. The zero-order valence-electron chi connectivity index (χ0n) is 13.8. The first-order valence-corrected chi connectivity index (χ1v) is 8.33. The summed E-state index contributed by atoms with van der Waals surface area (Å²) in [5.41, 5.74) is 16.4. The molecule has 5 nitrogen and oxygen atoms in total. The first kappa shape index (κ1) is 17.3. The topological polar surface area (TPSA) is 89.8 Å². The maximum absolute atomic E-state index is 6.19. The van der Waals surface area contributed by atoms with Gasteiger partial charge in [0.2, 0.25) is 5.95 Å². The monoisotopic (exact) mass is 373 g/mol. The van der Waals surface area contributed by atoms with E-state index in [0.29, 0.717) is 21.4 Å². The molecule has 2 aromatic carbocycles. The lowest BCUT2D eigenvalue weighted by Crippen LogP contribution is -2.03. The number of hydrogen-bond acceptors (Lipinski definition) is 5. The summed E-state index contributed by atoms with van der Waals surface area (Å²) in [7, 11) is 1.83. The number of fused-ring (bicyclic) bond motifs is 1. The molecule has 0 atom stereocenters. The summed E-state index contributed by atoms with van der Waals surface area (Å²) in [4.78, 5) is 8.44. The number of rotatable bonds is 3. The second-order valence-electron chi connectivity index (χ2n) is 5.57. The summed E-state index contributed by atoms with van der Waals surface area (Å²) >= 11 is 12.2. The van der Waals surface area contributed by atoms with Crippen LogP contribution < -0.4 is 16.8 Å². The molecule has 0 spiro atoms. The molecule has 0 fully saturated rings. The highest BCUT2D eigenvalue weighted by Gasteiger charge is 2.15. The van der Waals surface area contributed by atoms with Crippen LogP contribution in [0.2, 0.25) is 10.0 Å². The molecule has 5 N–H and O–H groups in total. The largest absolute Gasteiger partial charge is 0.394 e. The molecule has 3 aromatic rings. The van der Waals surface area contributed by atoms with E-state index in [1.54, 1.807) is 6.07 Å². The van der Waals surface area contributed by atoms with Gasteiger partial charge in [-0.15, -0.1) is 0 Å². The van der Waals surface area contributed by atoms with Crippen molar-refractivity contribution in [1.82, 2.24) is 15.3 Å². The zero-order valence-corrected chi connectivity index (χ0v) is 15.3. The third-order valence-electron chi connectivity index (χ3n) is 3.99. The fourth-order valence-corrected chi connectivity index (χ4v) is 3.11. The molecular weight excluding hydrogens is 357 g/mol. The van der Waals surface area contributed by atoms with E-state index in [1.807, 2.05) is 44.4 Å². The normalized spacial score (nSPS) is 11.4. The maximum Gasteiger partial charge on any atom is 0.222 e. The smallest absolute Gasteiger partial charge is 0.222 e. The molecular formula is C18H17Cl2N5. The molecule has 25 heavy (non-hydrogen) atoms. The lowest BCUT2D eigenvalue weighted by molar-refractivity contribution is 1.11. The number of hydrogen-bond donors (Lipinski definition) is 3. The summed E-state index contributed by atoms with van der Waals surface area (Å²) < 4.78 is 0. The van der Waals surface area contributed by atoms with E-state index in [1.165, 1.54) is 0 Å². The Labute approximate surface area is 155 Å². The van der Waals surface area contributed by atoms with Crippen LogP contribution in [0.25, 0.3) is 28.1 Å². The van der Waals surface area contributed by atoms with Crippen molar-refractivity contribution >= 4 is 51.9 Å². The van der Waals surface area contributed by atoms with Crippen LogP contribution in [-0.4, -0.2) is 17.0 Å². The van der Waals surface area contributed by atoms with Gasteiger partial charge in [0.25, 0.3) is 0 Å². The van der Waals surface area contributed by atoms with Gasteiger partial charge in [-0.1, -0.05) is 29.3 Å². The van der Waals surface area contributed by atoms with Crippen molar-refractivity contribution in [2.24, 2.45) is 0 Å². The minimum Gasteiger partial charge on any atom is -0.394 e. The second kappa shape index (κ2) is 6.78. The van der Waals surface area contributed by atoms with Gasteiger partial charge in [-0.25, -0.2) is 4.98 Å². The number of anilines is 2. The Balaban J connectivity index is 2.38. The van der Waals surface area contributed by atoms with Crippen LogP contribution in [0.3, 0.4) is 0 Å². The Bertz CT molecular complexity index is 999. The van der Waals surface area contributed by atoms with Crippen LogP contribution in [0.1, 0.15) is 11.1 Å². The van der Waals surface area contributed by atoms with Crippen LogP contribution in [0.5, 0.6) is 0 Å². The highest BCUT2D eigenvalue weighted by molar-refractivity contribution is 6.42. The number of halogens is 2. The van der Waals surface area contributed by atoms with Gasteiger partial charge in [-0.3, -0.25) is 0 Å². The predicted molar refractivity (Wildman–Crippen MR) is 107 cm³/mol. The van der Waals surface area contributed by atoms with Gasteiger partial charge in [0.15, 0.2) is 0 Å². The number of aromatic nitrogens is 2. The van der Waals surface area contributed by atoms with Crippen molar-refractivity contribution < 1.29 is 0 Å². The molecule has 0 aliphatic carbocycles. The van der Waals surface area contributed by atoms with E-state index >= 15 is 0 Å². The lowest BCUT2D eigenvalue weighted by atomic mass is 9.93. The second-order valence-corrected chi connectivity index (χ2v) is 6.39. The van der Waals surface area contributed by atoms with Crippen LogP contribution in [0.4, 0.5) is 11.8 Å². The van der Waals surface area contributed by atoms with Crippen LogP contribution >= 0.6 is 23.2 Å². The predicted octanol–water partition coefficient (Wildman–Crippen LogP) is 4.27. The highest BCUT2D eigenvalue weighted by atomic mass is 35.5. The zero-order chi connectivity index (χ0) is 18.1. The van der Waals surface area contributed by atoms with E-state index in [4.69, 9.17) is 34.7 Å². The average molecular weight is 374 g/mol. The third-order valence-corrected chi connectivity index (χ3v) is 4.73. The fraction of sp³-hybridized carbons (Fsp3) is 0.111. The van der Waals surface area contributed by atoms with E-state index in [2.05, 4.69) is 15.3 Å². The number of nitrogen functional groups attached to an aromatic ring is 2. The van der Waals surface area contributed by atoms with Crippen LogP contribution in [0, 0.1) is 6.92 Å². The molecule has 0 saturated carbocycles. The van der Waals surface area contributed by atoms with Crippen molar-refractivity contribution in [3.05, 3.63) is 51.6 Å². The van der Waals surface area contributed by atoms with Crippen molar-refractivity contribution in [3.8, 4) is 11.1 Å². The number of nitrogens with zero attached hydrogens (tertiary/aromatic N) is 2. The minimum atomic E-state index is 0.137. The highest BCUT2D eigenvalue weighted by Crippen LogP contribution is 2.36.